The second-order valence-electron chi connectivity index (χ2n) is 8.37. The molecule has 2 aromatic rings. The molecule has 0 saturated carbocycles. The second-order valence-corrected chi connectivity index (χ2v) is 9.45. The Labute approximate surface area is 191 Å². The minimum absolute atomic E-state index is 0.130. The Kier molecular flexibility index (Phi) is 6.78. The quantitative estimate of drug-likeness (QED) is 0.465. The van der Waals surface area contributed by atoms with Crippen LogP contribution in [0.4, 0.5) is 35.9 Å². The Hall–Kier alpha value is -2.10. The van der Waals surface area contributed by atoms with Crippen LogP contribution in [-0.2, 0) is 6.18 Å². The van der Waals surface area contributed by atoms with Gasteiger partial charge in [-0.25, -0.2) is 0 Å². The molecular weight excluding hydrogens is 435 g/mol. The molecule has 4 rings (SSSR count). The van der Waals surface area contributed by atoms with E-state index in [1.54, 1.807) is 0 Å². The lowest BCUT2D eigenvalue weighted by Crippen LogP contribution is -2.41. The van der Waals surface area contributed by atoms with Crippen LogP contribution < -0.4 is 21.3 Å². The predicted octanol–water partition coefficient (Wildman–Crippen LogP) is 5.20. The van der Waals surface area contributed by atoms with Crippen molar-refractivity contribution in [3.63, 3.8) is 0 Å². The number of nitrogens with two attached hydrogens (primary N) is 1. The molecule has 2 aliphatic rings. The van der Waals surface area contributed by atoms with Gasteiger partial charge in [-0.3, -0.25) is 0 Å². The normalized spacial score (nSPS) is 16.8. The zero-order valence-electron chi connectivity index (χ0n) is 18.4. The highest BCUT2D eigenvalue weighted by Crippen LogP contribution is 2.50. The number of rotatable bonds is 6. The fourth-order valence-corrected chi connectivity index (χ4v) is 5.27. The highest BCUT2D eigenvalue weighted by Gasteiger charge is 2.34. The average molecular weight is 466 g/mol. The molecule has 32 heavy (non-hydrogen) atoms. The van der Waals surface area contributed by atoms with E-state index in [1.165, 1.54) is 23.9 Å². The number of nitrogens with one attached hydrogen (secondary N) is 2. The molecule has 1 saturated heterocycles. The third kappa shape index (κ3) is 4.94. The van der Waals surface area contributed by atoms with Crippen LogP contribution in [0.1, 0.15) is 25.3 Å². The van der Waals surface area contributed by atoms with Crippen molar-refractivity contribution in [3.8, 4) is 0 Å². The Morgan fingerprint density at radius 1 is 1.19 bits per heavy atom. The number of alkyl halides is 3. The molecule has 0 aliphatic carbocycles. The SMILES string of the molecule is CCN(C)c1ccc2c(c1)Sc1cc(C(F)(F)F)cc(NC3CCN(CCN)CC3)c1N2. The van der Waals surface area contributed by atoms with Crippen LogP contribution in [0.2, 0.25) is 0 Å². The number of hydrogen-bond acceptors (Lipinski definition) is 6. The van der Waals surface area contributed by atoms with Gasteiger partial charge in [0, 0.05) is 61.3 Å². The van der Waals surface area contributed by atoms with Crippen molar-refractivity contribution in [1.29, 1.82) is 0 Å². The van der Waals surface area contributed by atoms with E-state index in [0.717, 1.165) is 61.0 Å². The molecule has 0 spiro atoms. The molecule has 4 N–H and O–H groups in total. The van der Waals surface area contributed by atoms with Gasteiger partial charge in [-0.2, -0.15) is 13.2 Å². The van der Waals surface area contributed by atoms with Gasteiger partial charge in [-0.05, 0) is 50.1 Å². The smallest absolute Gasteiger partial charge is 0.380 e. The fourth-order valence-electron chi connectivity index (χ4n) is 4.18. The number of nitrogens with zero attached hydrogens (tertiary/aromatic N) is 2. The summed E-state index contributed by atoms with van der Waals surface area (Å²) in [6, 6.07) is 8.68. The lowest BCUT2D eigenvalue weighted by Gasteiger charge is -2.34. The lowest BCUT2D eigenvalue weighted by atomic mass is 10.0. The van der Waals surface area contributed by atoms with E-state index in [1.807, 2.05) is 25.2 Å². The first-order valence-electron chi connectivity index (χ1n) is 11.0. The van der Waals surface area contributed by atoms with Crippen molar-refractivity contribution in [2.75, 3.05) is 55.3 Å². The summed E-state index contributed by atoms with van der Waals surface area (Å²) in [5.41, 5.74) is 8.21. The molecule has 5 nitrogen and oxygen atoms in total. The highest BCUT2D eigenvalue weighted by atomic mass is 32.2. The molecule has 9 heteroatoms. The molecule has 0 atom stereocenters. The number of benzene rings is 2. The van der Waals surface area contributed by atoms with Gasteiger partial charge in [0.25, 0.3) is 0 Å². The third-order valence-corrected chi connectivity index (χ3v) is 7.28. The zero-order valence-corrected chi connectivity index (χ0v) is 19.2. The molecule has 0 bridgehead atoms. The van der Waals surface area contributed by atoms with Crippen LogP contribution in [0, 0.1) is 0 Å². The molecule has 0 amide bonds. The van der Waals surface area contributed by atoms with E-state index < -0.39 is 11.7 Å². The molecule has 1 fully saturated rings. The molecule has 174 valence electrons. The maximum atomic E-state index is 13.7. The number of likely N-dealkylation sites (tertiary alicyclic amines) is 1. The minimum atomic E-state index is -4.40. The van der Waals surface area contributed by atoms with Gasteiger partial charge in [0.15, 0.2) is 0 Å². The van der Waals surface area contributed by atoms with Gasteiger partial charge >= 0.3 is 6.18 Å². The van der Waals surface area contributed by atoms with Crippen molar-refractivity contribution < 1.29 is 13.2 Å². The number of anilines is 4. The minimum Gasteiger partial charge on any atom is -0.380 e. The molecule has 0 aromatic heterocycles. The summed E-state index contributed by atoms with van der Waals surface area (Å²) < 4.78 is 41.0. The van der Waals surface area contributed by atoms with Gasteiger partial charge < -0.3 is 26.2 Å². The number of halogens is 3. The van der Waals surface area contributed by atoms with E-state index in [-0.39, 0.29) is 6.04 Å². The van der Waals surface area contributed by atoms with Crippen LogP contribution in [0.5, 0.6) is 0 Å². The number of fused-ring (bicyclic) bond motifs is 2. The van der Waals surface area contributed by atoms with Gasteiger partial charge in [0.2, 0.25) is 0 Å². The van der Waals surface area contributed by atoms with Crippen LogP contribution in [0.3, 0.4) is 0 Å². The largest absolute Gasteiger partial charge is 0.416 e. The molecule has 2 heterocycles. The Balaban J connectivity index is 1.62. The van der Waals surface area contributed by atoms with Crippen LogP contribution in [0.15, 0.2) is 40.1 Å². The van der Waals surface area contributed by atoms with Gasteiger partial charge in [0.1, 0.15) is 0 Å². The van der Waals surface area contributed by atoms with Crippen molar-refractivity contribution in [2.24, 2.45) is 5.73 Å². The number of piperidine rings is 1. The third-order valence-electron chi connectivity index (χ3n) is 6.18. The van der Waals surface area contributed by atoms with Crippen LogP contribution in [0.25, 0.3) is 0 Å². The first-order chi connectivity index (χ1) is 15.3. The topological polar surface area (TPSA) is 56.6 Å². The molecule has 0 unspecified atom stereocenters. The van der Waals surface area contributed by atoms with E-state index in [4.69, 9.17) is 5.73 Å². The van der Waals surface area contributed by atoms with Crippen molar-refractivity contribution in [1.82, 2.24) is 4.90 Å². The summed E-state index contributed by atoms with van der Waals surface area (Å²) >= 11 is 1.39. The molecule has 2 aliphatic heterocycles. The van der Waals surface area contributed by atoms with Gasteiger partial charge in [-0.15, -0.1) is 0 Å². The first-order valence-corrected chi connectivity index (χ1v) is 11.8. The summed E-state index contributed by atoms with van der Waals surface area (Å²) in [5, 5.41) is 6.81. The van der Waals surface area contributed by atoms with Gasteiger partial charge in [0.05, 0.1) is 22.6 Å². The first kappa shape index (κ1) is 23.1. The van der Waals surface area contributed by atoms with E-state index in [2.05, 4.69) is 27.4 Å². The Morgan fingerprint density at radius 3 is 2.59 bits per heavy atom. The predicted molar refractivity (Wildman–Crippen MR) is 126 cm³/mol. The second kappa shape index (κ2) is 9.41. The highest BCUT2D eigenvalue weighted by molar-refractivity contribution is 7.99. The standard InChI is InChI=1S/C23H30F3N5S/c1-3-30(2)17-4-5-18-20(14-17)32-21-13-15(23(24,25)26)12-19(22(21)29-18)28-16-6-9-31(10-7-16)11-8-27/h4-5,12-14,16,28-29H,3,6-11,27H2,1-2H3. The van der Waals surface area contributed by atoms with Crippen molar-refractivity contribution in [2.45, 2.75) is 41.8 Å². The molecule has 0 radical (unpaired) electrons. The van der Waals surface area contributed by atoms with E-state index in [0.29, 0.717) is 17.1 Å². The van der Waals surface area contributed by atoms with Crippen molar-refractivity contribution in [3.05, 3.63) is 35.9 Å². The lowest BCUT2D eigenvalue weighted by molar-refractivity contribution is -0.137. The van der Waals surface area contributed by atoms with Crippen molar-refractivity contribution >= 4 is 34.5 Å². The summed E-state index contributed by atoms with van der Waals surface area (Å²) in [6.45, 7) is 6.19. The van der Waals surface area contributed by atoms with Crippen LogP contribution in [-0.4, -0.2) is 50.7 Å². The zero-order chi connectivity index (χ0) is 22.9. The molecular formula is C23H30F3N5S. The summed E-state index contributed by atoms with van der Waals surface area (Å²) in [6.07, 6.45) is -2.65. The monoisotopic (exact) mass is 465 g/mol. The average Bonchev–Trinajstić information content (AvgIpc) is 2.77. The van der Waals surface area contributed by atoms with E-state index >= 15 is 0 Å². The van der Waals surface area contributed by atoms with Crippen LogP contribution >= 0.6 is 11.8 Å². The van der Waals surface area contributed by atoms with Gasteiger partial charge in [-0.1, -0.05) is 11.8 Å². The maximum absolute atomic E-state index is 13.7. The maximum Gasteiger partial charge on any atom is 0.416 e. The summed E-state index contributed by atoms with van der Waals surface area (Å²) in [4.78, 5) is 5.92. The number of hydrogen-bond donors (Lipinski definition) is 3. The summed E-state index contributed by atoms with van der Waals surface area (Å²) in [5.74, 6) is 0. The summed E-state index contributed by atoms with van der Waals surface area (Å²) in [7, 11) is 2.00. The molecule has 2 aromatic carbocycles. The Morgan fingerprint density at radius 2 is 1.94 bits per heavy atom. The van der Waals surface area contributed by atoms with E-state index in [9.17, 15) is 13.2 Å². The Bertz CT molecular complexity index is 957. The fraction of sp³-hybridized carbons (Fsp3) is 0.478.